The Morgan fingerprint density at radius 2 is 1.33 bits per heavy atom. The van der Waals surface area contributed by atoms with E-state index in [0.29, 0.717) is 6.42 Å². The molecule has 3 aliphatic heterocycles. The van der Waals surface area contributed by atoms with Crippen molar-refractivity contribution >= 4 is 106 Å². The zero-order valence-corrected chi connectivity index (χ0v) is 51.3. The van der Waals surface area contributed by atoms with Crippen LogP contribution in [0.15, 0.2) is 47.9 Å². The first-order chi connectivity index (χ1) is 41.2. The summed E-state index contributed by atoms with van der Waals surface area (Å²) in [5.74, 6) is -20.7. The van der Waals surface area contributed by atoms with Crippen molar-refractivity contribution in [3.8, 4) is 5.75 Å². The summed E-state index contributed by atoms with van der Waals surface area (Å²) in [6.45, 7) is 12.8. The predicted octanol–water partition coefficient (Wildman–Crippen LogP) is -0.0417. The summed E-state index contributed by atoms with van der Waals surface area (Å²) >= 11 is 0.993. The van der Waals surface area contributed by atoms with E-state index in [0.717, 1.165) is 45.4 Å². The Bertz CT molecular complexity index is 3140. The maximum atomic E-state index is 14.4. The number of nitrogens with one attached hydrogen (secondary N) is 7. The number of fused-ring (bicyclic) bond motifs is 1. The Labute approximate surface area is 510 Å². The van der Waals surface area contributed by atoms with E-state index >= 15 is 0 Å². The van der Waals surface area contributed by atoms with Crippen LogP contribution >= 0.6 is 11.3 Å². The number of aromatic nitrogens is 1. The molecule has 5 rings (SSSR count). The number of likely N-dealkylation sites (N-methyl/N-ethyl adjacent to an activating group) is 2. The molecule has 31 heteroatoms. The highest BCUT2D eigenvalue weighted by Crippen LogP contribution is 2.34. The lowest BCUT2D eigenvalue weighted by Crippen LogP contribution is -2.60. The van der Waals surface area contributed by atoms with Crippen LogP contribution in [0.1, 0.15) is 115 Å². The summed E-state index contributed by atoms with van der Waals surface area (Å²) < 4.78 is 11.3. The lowest BCUT2D eigenvalue weighted by molar-refractivity contribution is -0.155. The molecule has 4 heterocycles. The van der Waals surface area contributed by atoms with Gasteiger partial charge in [0.25, 0.3) is 41.4 Å². The summed E-state index contributed by atoms with van der Waals surface area (Å²) in [6.07, 6.45) is 2.04. The van der Waals surface area contributed by atoms with Crippen LogP contribution in [0.3, 0.4) is 0 Å². The summed E-state index contributed by atoms with van der Waals surface area (Å²) in [4.78, 5) is 205. The van der Waals surface area contributed by atoms with E-state index < -0.39 is 150 Å². The van der Waals surface area contributed by atoms with Gasteiger partial charge in [-0.05, 0) is 70.3 Å². The fourth-order valence-corrected chi connectivity index (χ4v) is 10.1. The number of hydrazine groups is 2. The maximum Gasteiger partial charge on any atom is 0.325 e. The molecule has 476 valence electrons. The number of amides is 12. The number of carbonyl (C=O) groups is 15. The van der Waals surface area contributed by atoms with E-state index in [4.69, 9.17) is 9.47 Å². The van der Waals surface area contributed by atoms with Crippen molar-refractivity contribution in [1.29, 1.82) is 0 Å². The fourth-order valence-electron chi connectivity index (χ4n) is 9.25. The number of anilines is 1. The number of hydrogen-bond acceptors (Lipinski definition) is 20. The molecular formula is C57H74N12O18S. The SMILES string of the molecule is CC[C@H](C)[C@H](NC(=O)C(C)(C)N(C)C)C(=O)N(C)[C@H](C[C@@H](OC(C)=O)c1nc(C(=O)N[C@@H](Cc2ccc3c(c2)NC(=O)C(C(=O)NNC(=O)CCN2C(=O)C=CC2=O)C(C(=O)NNC(=O)CCN2C(=O)C=CC2=O)C(=O)O3)CC(C)C(=O)O)cs1)C(C)C. The normalized spacial score (nSPS) is 17.7. The molecule has 0 spiro atoms. The number of benzene rings is 1. The molecule has 88 heavy (non-hydrogen) atoms. The number of ether oxygens (including phenoxy) is 2. The quantitative estimate of drug-likeness (QED) is 0.0191. The lowest BCUT2D eigenvalue weighted by atomic mass is 9.89. The Hall–Kier alpha value is -9.26. The largest absolute Gasteiger partial charge is 0.481 e. The molecule has 30 nitrogen and oxygen atoms in total. The van der Waals surface area contributed by atoms with Crippen LogP contribution in [0, 0.1) is 29.6 Å². The van der Waals surface area contributed by atoms with E-state index in [9.17, 15) is 77.0 Å². The standard InChI is InChI=1S/C57H74N12O18S/c1-12-29(4)47(61-56(85)57(7,8)66(9)10)53(81)67(11)36(28(2)3)26-38(86-31(6)70)52-60-35(27-88-52)48(77)58-33(23-30(5)54(82)83)24-32-13-14-37-34(25-32)59-49(78)45(50(79)64-62-39(71)19-21-68-41(73)15-16-42(68)74)46(55(84)87-37)51(80)65-63-40(72)20-22-69-43(75)17-18-44(69)76/h13-18,25,27-30,33,36,38,45-47H,12,19-24,26H2,1-11H3,(H,58,77)(H,59,78)(H,61,85)(H,62,71)(H,63,72)(H,64,79)(H,65,80)(H,82,83)/t29-,30?,33+,36+,38+,45?,46?,47-/m0/s1. The number of carbonyl (C=O) groups excluding carboxylic acids is 14. The highest BCUT2D eigenvalue weighted by Gasteiger charge is 2.48. The summed E-state index contributed by atoms with van der Waals surface area (Å²) in [5, 5.41) is 19.8. The van der Waals surface area contributed by atoms with E-state index in [2.05, 4.69) is 20.9 Å². The van der Waals surface area contributed by atoms with Gasteiger partial charge < -0.3 is 35.4 Å². The van der Waals surface area contributed by atoms with Crippen molar-refractivity contribution < 1.29 is 86.5 Å². The van der Waals surface area contributed by atoms with Crippen molar-refractivity contribution in [3.05, 3.63) is 64.1 Å². The molecule has 0 bridgehead atoms. The molecule has 1 aromatic heterocycles. The summed E-state index contributed by atoms with van der Waals surface area (Å²) in [7, 11) is 5.11. The summed E-state index contributed by atoms with van der Waals surface area (Å²) in [6, 6.07) is 1.39. The molecule has 3 unspecified atom stereocenters. The second kappa shape index (κ2) is 30.4. The molecule has 12 amide bonds. The van der Waals surface area contributed by atoms with Gasteiger partial charge in [-0.1, -0.05) is 47.1 Å². The van der Waals surface area contributed by atoms with E-state index in [-0.39, 0.29) is 70.6 Å². The predicted molar refractivity (Wildman–Crippen MR) is 309 cm³/mol. The lowest BCUT2D eigenvalue weighted by Gasteiger charge is -2.38. The van der Waals surface area contributed by atoms with Crippen molar-refractivity contribution in [2.75, 3.05) is 39.5 Å². The highest BCUT2D eigenvalue weighted by atomic mass is 32.1. The average Bonchev–Trinajstić information content (AvgIpc) is 4.36. The third-order valence-corrected chi connectivity index (χ3v) is 16.2. The van der Waals surface area contributed by atoms with Crippen LogP contribution in [0.2, 0.25) is 0 Å². The molecule has 0 aliphatic carbocycles. The molecule has 3 aliphatic rings. The van der Waals surface area contributed by atoms with Crippen molar-refractivity contribution in [2.24, 2.45) is 29.6 Å². The second-order valence-electron chi connectivity index (χ2n) is 22.4. The van der Waals surface area contributed by atoms with Crippen LogP contribution < -0.4 is 42.4 Å². The molecular weight excluding hydrogens is 1170 g/mol. The zero-order chi connectivity index (χ0) is 65.6. The van der Waals surface area contributed by atoms with Gasteiger partial charge in [0.15, 0.2) is 17.8 Å². The minimum absolute atomic E-state index is 0.0356. The van der Waals surface area contributed by atoms with E-state index in [1.807, 2.05) is 49.4 Å². The molecule has 1 aromatic carbocycles. The minimum Gasteiger partial charge on any atom is -0.481 e. The van der Waals surface area contributed by atoms with Crippen LogP contribution in [0.4, 0.5) is 5.69 Å². The molecule has 0 saturated carbocycles. The monoisotopic (exact) mass is 1250 g/mol. The summed E-state index contributed by atoms with van der Waals surface area (Å²) in [5.41, 5.74) is 6.76. The van der Waals surface area contributed by atoms with Gasteiger partial charge in [-0.2, -0.15) is 0 Å². The van der Waals surface area contributed by atoms with Crippen molar-refractivity contribution in [1.82, 2.24) is 56.9 Å². The Morgan fingerprint density at radius 3 is 1.83 bits per heavy atom. The van der Waals surface area contributed by atoms with Crippen molar-refractivity contribution in [2.45, 2.75) is 124 Å². The minimum atomic E-state index is -2.41. The number of nitrogens with zero attached hydrogens (tertiary/aromatic N) is 5. The van der Waals surface area contributed by atoms with Crippen LogP contribution in [-0.4, -0.2) is 176 Å². The smallest absolute Gasteiger partial charge is 0.325 e. The first-order valence-corrected chi connectivity index (χ1v) is 28.9. The fraction of sp³-hybridized carbons (Fsp3) is 0.509. The average molecular weight is 1250 g/mol. The molecule has 0 fully saturated rings. The number of thiazole rings is 1. The van der Waals surface area contributed by atoms with Gasteiger partial charge in [0.05, 0.1) is 17.1 Å². The number of carboxylic acids is 1. The van der Waals surface area contributed by atoms with Gasteiger partial charge in [0.1, 0.15) is 22.7 Å². The zero-order valence-electron chi connectivity index (χ0n) is 50.5. The van der Waals surface area contributed by atoms with Crippen LogP contribution in [0.5, 0.6) is 5.75 Å². The van der Waals surface area contributed by atoms with Gasteiger partial charge in [-0.3, -0.25) is 108 Å². The Morgan fingerprint density at radius 1 is 0.784 bits per heavy atom. The number of imide groups is 2. The molecule has 0 saturated heterocycles. The van der Waals surface area contributed by atoms with Crippen LogP contribution in [0.25, 0.3) is 0 Å². The van der Waals surface area contributed by atoms with E-state index in [1.54, 1.807) is 39.9 Å². The number of aliphatic carboxylic acids is 1. The third kappa shape index (κ3) is 17.9. The number of hydrogen-bond donors (Lipinski definition) is 8. The van der Waals surface area contributed by atoms with Gasteiger partial charge in [0, 0.05) is 88.1 Å². The molecule has 0 radical (unpaired) electrons. The maximum absolute atomic E-state index is 14.4. The number of esters is 2. The first kappa shape index (κ1) is 69.5. The number of rotatable bonds is 27. The topological polar surface area (TPSA) is 405 Å². The molecule has 8 N–H and O–H groups in total. The van der Waals surface area contributed by atoms with Crippen molar-refractivity contribution in [3.63, 3.8) is 0 Å². The molecule has 2 aromatic rings. The van der Waals surface area contributed by atoms with Gasteiger partial charge in [-0.15, -0.1) is 11.3 Å². The number of carboxylic acid groups (broad SMARTS) is 1. The Balaban J connectivity index is 1.37. The van der Waals surface area contributed by atoms with Gasteiger partial charge >= 0.3 is 17.9 Å². The second-order valence-corrected chi connectivity index (χ2v) is 23.3. The highest BCUT2D eigenvalue weighted by molar-refractivity contribution is 7.09. The Kier molecular flexibility index (Phi) is 24.0. The van der Waals surface area contributed by atoms with E-state index in [1.165, 1.54) is 42.3 Å². The third-order valence-electron chi connectivity index (χ3n) is 15.2. The molecule has 8 atom stereocenters. The van der Waals surface area contributed by atoms with Crippen LogP contribution in [-0.2, 0) is 78.3 Å². The first-order valence-electron chi connectivity index (χ1n) is 28.1. The van der Waals surface area contributed by atoms with Gasteiger partial charge in [0.2, 0.25) is 29.5 Å². The van der Waals surface area contributed by atoms with Gasteiger partial charge in [-0.25, -0.2) is 4.98 Å².